The van der Waals surface area contributed by atoms with Crippen LogP contribution in [0, 0.1) is 0 Å². The van der Waals surface area contributed by atoms with Crippen molar-refractivity contribution >= 4 is 20.2 Å². The van der Waals surface area contributed by atoms with Crippen molar-refractivity contribution in [3.8, 4) is 0 Å². The lowest BCUT2D eigenvalue weighted by Crippen LogP contribution is -2.55. The van der Waals surface area contributed by atoms with E-state index >= 15 is 0 Å². The van der Waals surface area contributed by atoms with Crippen LogP contribution in [0.1, 0.15) is 6.92 Å². The van der Waals surface area contributed by atoms with Gasteiger partial charge in [-0.25, -0.2) is 8.37 Å². The van der Waals surface area contributed by atoms with Gasteiger partial charge in [0, 0.05) is 0 Å². The molecule has 0 unspecified atom stereocenters. The molecule has 0 aliphatic rings. The molecule has 22 heteroatoms. The van der Waals surface area contributed by atoms with Gasteiger partial charge in [0.1, 0.15) is 11.5 Å². The molecule has 0 saturated heterocycles. The van der Waals surface area contributed by atoms with Crippen LogP contribution in [0.3, 0.4) is 0 Å². The average Bonchev–Trinajstić information content (AvgIpc) is 2.39. The highest BCUT2D eigenvalue weighted by Gasteiger charge is 2.75. The molecule has 0 heterocycles. The molecule has 0 aliphatic carbocycles. The van der Waals surface area contributed by atoms with Gasteiger partial charge in [-0.15, -0.1) is 0 Å². The molecule has 0 aliphatic heterocycles. The lowest BCUT2D eigenvalue weighted by molar-refractivity contribution is -0.348. The normalized spacial score (nSPS) is 16.0. The Kier molecular flexibility index (Phi) is 8.25. The summed E-state index contributed by atoms with van der Waals surface area (Å²) in [5, 5.41) is 0. The first-order valence-corrected chi connectivity index (χ1v) is 10.1. The fourth-order valence-electron chi connectivity index (χ4n) is 1.54. The highest BCUT2D eigenvalue weighted by atomic mass is 32.2. The monoisotopic (exact) mass is 554 g/mol. The van der Waals surface area contributed by atoms with E-state index in [1.165, 1.54) is 0 Å². The molecule has 0 aromatic carbocycles. The Balaban J connectivity index is 5.50. The van der Waals surface area contributed by atoms with Gasteiger partial charge in [-0.05, 0) is 6.92 Å². The summed E-state index contributed by atoms with van der Waals surface area (Å²) in [5.41, 5.74) is 0. The van der Waals surface area contributed by atoms with Crippen LogP contribution in [-0.2, 0) is 28.6 Å². The molecular weight excluding hydrogens is 546 g/mol. The first-order valence-electron chi connectivity index (χ1n) is 6.98. The van der Waals surface area contributed by atoms with E-state index in [1.807, 2.05) is 0 Å². The van der Waals surface area contributed by atoms with E-state index in [1.54, 1.807) is 0 Å². The van der Waals surface area contributed by atoms with Gasteiger partial charge < -0.3 is 0 Å². The summed E-state index contributed by atoms with van der Waals surface area (Å²) in [5.74, 6) is -33.7. The molecule has 0 saturated carbocycles. The molecule has 0 N–H and O–H groups in total. The van der Waals surface area contributed by atoms with Crippen LogP contribution in [0.15, 0.2) is 0 Å². The third-order valence-electron chi connectivity index (χ3n) is 2.91. The standard InChI is InChI=1S/C10H8F14O6S2/c1-4(29-31(25,26)2-5(11,12)7(15,16)9(19,20)21)30-32(27,28)3-6(13,14)8(17,18)10(22,23)24/h4H,2-3H2,1H3. The lowest BCUT2D eigenvalue weighted by atomic mass is 10.2. The minimum absolute atomic E-state index is 0.00477. The van der Waals surface area contributed by atoms with Gasteiger partial charge in [0.25, 0.3) is 20.2 Å². The van der Waals surface area contributed by atoms with E-state index in [4.69, 9.17) is 0 Å². The van der Waals surface area contributed by atoms with Crippen LogP contribution in [0.25, 0.3) is 0 Å². The second kappa shape index (κ2) is 8.56. The summed E-state index contributed by atoms with van der Waals surface area (Å²) in [7, 11) is -12.6. The lowest BCUT2D eigenvalue weighted by Gasteiger charge is -2.28. The number of rotatable bonds is 10. The molecule has 0 spiro atoms. The van der Waals surface area contributed by atoms with Crippen molar-refractivity contribution in [2.24, 2.45) is 0 Å². The van der Waals surface area contributed by atoms with Crippen molar-refractivity contribution in [2.45, 2.75) is 49.3 Å². The van der Waals surface area contributed by atoms with Crippen LogP contribution in [0.5, 0.6) is 0 Å². The van der Waals surface area contributed by atoms with Gasteiger partial charge in [0.05, 0.1) is 0 Å². The molecule has 6 nitrogen and oxygen atoms in total. The van der Waals surface area contributed by atoms with Crippen molar-refractivity contribution in [3.63, 3.8) is 0 Å². The SMILES string of the molecule is CC(OS(=O)(=O)CC(F)(F)C(F)(F)C(F)(F)F)OS(=O)(=O)CC(F)(F)C(F)(F)C(F)(F)F. The minimum Gasteiger partial charge on any atom is -0.237 e. The molecule has 0 rings (SSSR count). The van der Waals surface area contributed by atoms with Gasteiger partial charge >= 0.3 is 36.0 Å². The van der Waals surface area contributed by atoms with Crippen LogP contribution < -0.4 is 0 Å². The number of alkyl halides is 14. The van der Waals surface area contributed by atoms with E-state index in [-0.39, 0.29) is 6.92 Å². The van der Waals surface area contributed by atoms with E-state index in [0.29, 0.717) is 0 Å². The molecule has 0 aromatic rings. The van der Waals surface area contributed by atoms with E-state index in [2.05, 4.69) is 8.37 Å². The fraction of sp³-hybridized carbons (Fsp3) is 1.00. The second-order valence-electron chi connectivity index (χ2n) is 5.72. The largest absolute Gasteiger partial charge is 0.459 e. The summed E-state index contributed by atoms with van der Waals surface area (Å²) < 4.78 is 226. The predicted molar refractivity (Wildman–Crippen MR) is 71.1 cm³/mol. The molecule has 0 amide bonds. The third-order valence-corrected chi connectivity index (χ3v) is 5.47. The Morgan fingerprint density at radius 2 is 0.781 bits per heavy atom. The Bertz CT molecular complexity index is 801. The van der Waals surface area contributed by atoms with Crippen molar-refractivity contribution < 1.29 is 86.7 Å². The number of hydrogen-bond acceptors (Lipinski definition) is 6. The molecule has 0 atom stereocenters. The Morgan fingerprint density at radius 3 is 0.969 bits per heavy atom. The first kappa shape index (κ1) is 30.8. The smallest absolute Gasteiger partial charge is 0.237 e. The summed E-state index contributed by atoms with van der Waals surface area (Å²) in [4.78, 5) is 0. The van der Waals surface area contributed by atoms with Crippen LogP contribution in [-0.4, -0.2) is 70.7 Å². The van der Waals surface area contributed by atoms with Crippen LogP contribution in [0.2, 0.25) is 0 Å². The summed E-state index contributed by atoms with van der Waals surface area (Å²) in [6.45, 7) is -0.00477. The maximum atomic E-state index is 13.1. The zero-order valence-electron chi connectivity index (χ0n) is 14.5. The van der Waals surface area contributed by atoms with Gasteiger partial charge in [-0.3, -0.25) is 0 Å². The number of halogens is 14. The highest BCUT2D eigenvalue weighted by Crippen LogP contribution is 2.48. The molecule has 32 heavy (non-hydrogen) atoms. The third kappa shape index (κ3) is 6.92. The van der Waals surface area contributed by atoms with Crippen LogP contribution >= 0.6 is 0 Å². The second-order valence-corrected chi connectivity index (χ2v) is 8.91. The maximum Gasteiger partial charge on any atom is 0.459 e. The minimum atomic E-state index is -6.98. The van der Waals surface area contributed by atoms with Crippen molar-refractivity contribution in [1.82, 2.24) is 0 Å². The fourth-order valence-corrected chi connectivity index (χ4v) is 3.88. The van der Waals surface area contributed by atoms with Crippen LogP contribution in [0.4, 0.5) is 61.5 Å². The summed E-state index contributed by atoms with van der Waals surface area (Å²) in [6.07, 6.45) is -17.1. The zero-order valence-corrected chi connectivity index (χ0v) is 16.2. The van der Waals surface area contributed by atoms with Crippen molar-refractivity contribution in [2.75, 3.05) is 11.5 Å². The van der Waals surface area contributed by atoms with Gasteiger partial charge in [-0.2, -0.15) is 78.3 Å². The molecule has 0 aromatic heterocycles. The predicted octanol–water partition coefficient (Wildman–Crippen LogP) is 3.69. The number of hydrogen-bond donors (Lipinski definition) is 0. The summed E-state index contributed by atoms with van der Waals surface area (Å²) >= 11 is 0. The molecule has 194 valence electrons. The van der Waals surface area contributed by atoms with E-state index in [0.717, 1.165) is 0 Å². The van der Waals surface area contributed by atoms with Gasteiger partial charge in [0.15, 0.2) is 6.29 Å². The highest BCUT2D eigenvalue weighted by molar-refractivity contribution is 7.87. The van der Waals surface area contributed by atoms with E-state index in [9.17, 15) is 78.3 Å². The van der Waals surface area contributed by atoms with E-state index < -0.39 is 74.1 Å². The molecule has 0 fully saturated rings. The Morgan fingerprint density at radius 1 is 0.562 bits per heavy atom. The van der Waals surface area contributed by atoms with Crippen molar-refractivity contribution in [1.29, 1.82) is 0 Å². The Hall–Kier alpha value is -1.16. The molecule has 0 bridgehead atoms. The first-order chi connectivity index (χ1) is 13.5. The van der Waals surface area contributed by atoms with Gasteiger partial charge in [0.2, 0.25) is 0 Å². The summed E-state index contributed by atoms with van der Waals surface area (Å²) in [6, 6.07) is 0. The average molecular weight is 554 g/mol. The van der Waals surface area contributed by atoms with Gasteiger partial charge in [-0.1, -0.05) is 0 Å². The Labute approximate surface area is 168 Å². The molecule has 0 radical (unpaired) electrons. The maximum absolute atomic E-state index is 13.1. The topological polar surface area (TPSA) is 86.7 Å². The zero-order chi connectivity index (χ0) is 26.4. The van der Waals surface area contributed by atoms with Crippen molar-refractivity contribution in [3.05, 3.63) is 0 Å². The quantitative estimate of drug-likeness (QED) is 0.233. The molecular formula is C10H8F14O6S2.